The Morgan fingerprint density at radius 3 is 2.55 bits per heavy atom. The first-order valence-electron chi connectivity index (χ1n) is 9.37. The van der Waals surface area contributed by atoms with Crippen LogP contribution in [0.3, 0.4) is 0 Å². The molecule has 3 rings (SSSR count). The maximum absolute atomic E-state index is 13.1. The van der Waals surface area contributed by atoms with E-state index >= 15 is 0 Å². The Hall–Kier alpha value is -3.60. The van der Waals surface area contributed by atoms with Gasteiger partial charge >= 0.3 is 6.16 Å². The maximum Gasteiger partial charge on any atom is 0.508 e. The number of hydrogen-bond donors (Lipinski definition) is 2. The van der Waals surface area contributed by atoms with Crippen molar-refractivity contribution in [2.45, 2.75) is 31.0 Å². The molecule has 0 saturated heterocycles. The highest BCUT2D eigenvalue weighted by Gasteiger charge is 2.40. The molecule has 2 N–H and O–H groups in total. The number of anilines is 1. The van der Waals surface area contributed by atoms with Crippen molar-refractivity contribution < 1.29 is 32.6 Å². The quantitative estimate of drug-likeness (QED) is 0.489. The van der Waals surface area contributed by atoms with Crippen LogP contribution in [0.15, 0.2) is 59.3 Å². The predicted molar refractivity (Wildman–Crippen MR) is 110 cm³/mol. The number of carboxylic acid groups (broad SMARTS) is 1. The number of hydrogen-bond acceptors (Lipinski definition) is 7. The van der Waals surface area contributed by atoms with E-state index in [0.29, 0.717) is 6.42 Å². The average Bonchev–Trinajstić information content (AvgIpc) is 2.72. The second-order valence-electron chi connectivity index (χ2n) is 6.54. The fourth-order valence-electron chi connectivity index (χ4n) is 3.02. The van der Waals surface area contributed by atoms with Gasteiger partial charge < -0.3 is 19.9 Å². The molecule has 31 heavy (non-hydrogen) atoms. The first-order chi connectivity index (χ1) is 14.8. The monoisotopic (exact) mass is 447 g/mol. The van der Waals surface area contributed by atoms with Crippen LogP contribution < -0.4 is 5.32 Å². The Kier molecular flexibility index (Phi) is 6.44. The van der Waals surface area contributed by atoms with Gasteiger partial charge in [-0.15, -0.1) is 0 Å². The second kappa shape index (κ2) is 9.04. The Bertz CT molecular complexity index is 1120. The zero-order valence-electron chi connectivity index (χ0n) is 16.8. The van der Waals surface area contributed by atoms with E-state index in [4.69, 9.17) is 14.6 Å². The Balaban J connectivity index is 2.14. The van der Waals surface area contributed by atoms with Gasteiger partial charge in [-0.2, -0.15) is 0 Å². The summed E-state index contributed by atoms with van der Waals surface area (Å²) < 4.78 is 37.4. The standard InChI is InChI=1S/C20H21N3O7S/c1-3-8-16(30-20(25)26)29-18-13-9-4-5-10-14(13)31(27,28)23(2)17(18)19(24)22-15-11-6-7-12-21-15/h4-7,9-12,16H,3,8H2,1-2H3,(H,25,26)(H,21,22,24)/t16-/m1/s1. The number of ether oxygens (including phenoxy) is 2. The third kappa shape index (κ3) is 4.61. The number of benzene rings is 1. The van der Waals surface area contributed by atoms with Crippen LogP contribution in [-0.4, -0.2) is 48.2 Å². The van der Waals surface area contributed by atoms with Crippen LogP contribution >= 0.6 is 0 Å². The lowest BCUT2D eigenvalue weighted by atomic mass is 10.1. The molecule has 0 aliphatic carbocycles. The number of nitrogens with zero attached hydrogens (tertiary/aromatic N) is 2. The summed E-state index contributed by atoms with van der Waals surface area (Å²) in [5, 5.41) is 11.6. The average molecular weight is 447 g/mol. The number of carbonyl (C=O) groups excluding carboxylic acids is 1. The number of aromatic nitrogens is 1. The summed E-state index contributed by atoms with van der Waals surface area (Å²) in [7, 11) is -2.84. The molecule has 2 heterocycles. The molecule has 1 amide bonds. The molecule has 164 valence electrons. The van der Waals surface area contributed by atoms with Crippen molar-refractivity contribution in [3.63, 3.8) is 0 Å². The number of nitrogens with one attached hydrogen (secondary N) is 1. The molecular weight excluding hydrogens is 426 g/mol. The molecule has 11 heteroatoms. The largest absolute Gasteiger partial charge is 0.508 e. The zero-order valence-corrected chi connectivity index (χ0v) is 17.6. The topological polar surface area (TPSA) is 135 Å². The molecule has 0 fully saturated rings. The van der Waals surface area contributed by atoms with Crippen LogP contribution in [0.2, 0.25) is 0 Å². The molecule has 0 saturated carbocycles. The Morgan fingerprint density at radius 1 is 1.19 bits per heavy atom. The number of pyridine rings is 1. The minimum Gasteiger partial charge on any atom is -0.452 e. The zero-order chi connectivity index (χ0) is 22.6. The highest BCUT2D eigenvalue weighted by atomic mass is 32.2. The number of likely N-dealkylation sites (N-methyl/N-ethyl adjacent to an activating group) is 1. The molecule has 0 spiro atoms. The third-order valence-corrected chi connectivity index (χ3v) is 6.24. The molecule has 1 atom stereocenters. The first kappa shape index (κ1) is 22.1. The summed E-state index contributed by atoms with van der Waals surface area (Å²) in [4.78, 5) is 28.1. The lowest BCUT2D eigenvalue weighted by molar-refractivity contribution is -0.114. The number of rotatable bonds is 7. The number of sulfonamides is 1. The van der Waals surface area contributed by atoms with Gasteiger partial charge in [0.05, 0.1) is 4.90 Å². The van der Waals surface area contributed by atoms with Crippen LogP contribution in [0.4, 0.5) is 10.6 Å². The van der Waals surface area contributed by atoms with E-state index in [1.54, 1.807) is 25.1 Å². The van der Waals surface area contributed by atoms with Crippen LogP contribution in [0.25, 0.3) is 5.76 Å². The molecule has 1 aromatic carbocycles. The Labute approximate surface area is 179 Å². The van der Waals surface area contributed by atoms with Gasteiger partial charge in [-0.05, 0) is 30.7 Å². The summed E-state index contributed by atoms with van der Waals surface area (Å²) in [6.07, 6.45) is -0.600. The fraction of sp³-hybridized carbons (Fsp3) is 0.250. The van der Waals surface area contributed by atoms with Crippen LogP contribution in [0.5, 0.6) is 0 Å². The van der Waals surface area contributed by atoms with E-state index in [-0.39, 0.29) is 34.2 Å². The van der Waals surface area contributed by atoms with Gasteiger partial charge in [0.25, 0.3) is 15.9 Å². The highest BCUT2D eigenvalue weighted by Crippen LogP contribution is 2.38. The molecule has 10 nitrogen and oxygen atoms in total. The van der Waals surface area contributed by atoms with Crippen molar-refractivity contribution in [1.29, 1.82) is 0 Å². The number of fused-ring (bicyclic) bond motifs is 1. The van der Waals surface area contributed by atoms with Crippen LogP contribution in [-0.2, 0) is 24.3 Å². The van der Waals surface area contributed by atoms with E-state index in [0.717, 1.165) is 4.31 Å². The highest BCUT2D eigenvalue weighted by molar-refractivity contribution is 7.89. The van der Waals surface area contributed by atoms with E-state index in [2.05, 4.69) is 10.3 Å². The van der Waals surface area contributed by atoms with Gasteiger partial charge in [-0.3, -0.25) is 9.10 Å². The maximum atomic E-state index is 13.1. The van der Waals surface area contributed by atoms with Gasteiger partial charge in [0.15, 0.2) is 11.5 Å². The molecule has 2 aromatic rings. The van der Waals surface area contributed by atoms with Crippen LogP contribution in [0.1, 0.15) is 25.3 Å². The molecule has 1 aromatic heterocycles. The minimum atomic E-state index is -4.05. The smallest absolute Gasteiger partial charge is 0.452 e. The molecule has 0 bridgehead atoms. The molecule has 0 unspecified atom stereocenters. The number of carbonyl (C=O) groups is 2. The molecular formula is C20H21N3O7S. The van der Waals surface area contributed by atoms with Gasteiger partial charge in [0.2, 0.25) is 6.29 Å². The van der Waals surface area contributed by atoms with Crippen molar-refractivity contribution in [2.75, 3.05) is 12.4 Å². The van der Waals surface area contributed by atoms with Crippen molar-refractivity contribution in [2.24, 2.45) is 0 Å². The normalized spacial score (nSPS) is 15.6. The van der Waals surface area contributed by atoms with Crippen molar-refractivity contribution >= 4 is 33.7 Å². The molecule has 1 aliphatic rings. The third-order valence-electron chi connectivity index (χ3n) is 4.43. The summed E-state index contributed by atoms with van der Waals surface area (Å²) in [6.45, 7) is 1.80. The van der Waals surface area contributed by atoms with Crippen molar-refractivity contribution in [3.05, 3.63) is 59.9 Å². The van der Waals surface area contributed by atoms with E-state index in [1.807, 2.05) is 0 Å². The van der Waals surface area contributed by atoms with E-state index < -0.39 is 28.4 Å². The van der Waals surface area contributed by atoms with Gasteiger partial charge in [0, 0.05) is 25.2 Å². The van der Waals surface area contributed by atoms with Gasteiger partial charge in [-0.1, -0.05) is 25.1 Å². The first-order valence-corrected chi connectivity index (χ1v) is 10.8. The van der Waals surface area contributed by atoms with Crippen molar-refractivity contribution in [3.8, 4) is 0 Å². The summed E-state index contributed by atoms with van der Waals surface area (Å²) in [5.41, 5.74) is -0.193. The van der Waals surface area contributed by atoms with E-state index in [9.17, 15) is 18.0 Å². The molecule has 1 aliphatic heterocycles. The summed E-state index contributed by atoms with van der Waals surface area (Å²) in [6, 6.07) is 10.8. The second-order valence-corrected chi connectivity index (χ2v) is 8.47. The van der Waals surface area contributed by atoms with E-state index in [1.165, 1.54) is 37.5 Å². The summed E-state index contributed by atoms with van der Waals surface area (Å²) >= 11 is 0. The van der Waals surface area contributed by atoms with Gasteiger partial charge in [-0.25, -0.2) is 18.2 Å². The van der Waals surface area contributed by atoms with Gasteiger partial charge in [0.1, 0.15) is 5.82 Å². The number of amides is 1. The Morgan fingerprint density at radius 2 is 1.90 bits per heavy atom. The van der Waals surface area contributed by atoms with Crippen molar-refractivity contribution in [1.82, 2.24) is 9.29 Å². The fourth-order valence-corrected chi connectivity index (χ4v) is 4.41. The predicted octanol–water partition coefficient (Wildman–Crippen LogP) is 2.86. The minimum absolute atomic E-state index is 0.0764. The lowest BCUT2D eigenvalue weighted by Crippen LogP contribution is -2.38. The van der Waals surface area contributed by atoms with Crippen LogP contribution in [0, 0.1) is 0 Å². The molecule has 0 radical (unpaired) electrons. The SMILES string of the molecule is CCC[C@@H](OC(=O)O)OC1=C(C(=O)Nc2ccccn2)N(C)S(=O)(=O)c2ccccc21. The summed E-state index contributed by atoms with van der Waals surface area (Å²) in [5.74, 6) is -0.697. The lowest BCUT2D eigenvalue weighted by Gasteiger charge is -2.31.